The lowest BCUT2D eigenvalue weighted by Gasteiger charge is -2.19. The highest BCUT2D eigenvalue weighted by Crippen LogP contribution is 2.22. The van der Waals surface area contributed by atoms with Gasteiger partial charge in [0.1, 0.15) is 12.0 Å². The summed E-state index contributed by atoms with van der Waals surface area (Å²) in [5.74, 6) is 1.04. The Morgan fingerprint density at radius 3 is 2.75 bits per heavy atom. The molecule has 2 heterocycles. The number of aromatic nitrogens is 4. The molecule has 2 N–H and O–H groups in total. The van der Waals surface area contributed by atoms with E-state index in [9.17, 15) is 0 Å². The lowest BCUT2D eigenvalue weighted by molar-refractivity contribution is -0.0166. The Bertz CT molecular complexity index is 561. The van der Waals surface area contributed by atoms with Crippen molar-refractivity contribution in [3.63, 3.8) is 0 Å². The molecule has 110 valence electrons. The van der Waals surface area contributed by atoms with E-state index in [4.69, 9.17) is 9.47 Å². The van der Waals surface area contributed by atoms with E-state index in [0.29, 0.717) is 30.7 Å². The summed E-state index contributed by atoms with van der Waals surface area (Å²) in [6.45, 7) is 9.69. The second-order valence-corrected chi connectivity index (χ2v) is 5.32. The molecule has 0 fully saturated rings. The summed E-state index contributed by atoms with van der Waals surface area (Å²) in [7, 11) is 0. The van der Waals surface area contributed by atoms with Gasteiger partial charge in [0.05, 0.1) is 18.4 Å². The third kappa shape index (κ3) is 3.80. The third-order valence-electron chi connectivity index (χ3n) is 2.47. The van der Waals surface area contributed by atoms with E-state index in [-0.39, 0.29) is 5.60 Å². The highest BCUT2D eigenvalue weighted by atomic mass is 16.5. The van der Waals surface area contributed by atoms with Crippen LogP contribution in [0.25, 0.3) is 11.0 Å². The predicted molar refractivity (Wildman–Crippen MR) is 77.0 cm³/mol. The Labute approximate surface area is 118 Å². The molecule has 0 aliphatic heterocycles. The van der Waals surface area contributed by atoms with Gasteiger partial charge in [0.15, 0.2) is 5.65 Å². The van der Waals surface area contributed by atoms with Crippen molar-refractivity contribution in [2.45, 2.75) is 33.3 Å². The molecule has 20 heavy (non-hydrogen) atoms. The maximum Gasteiger partial charge on any atom is 0.229 e. The first-order chi connectivity index (χ1) is 9.49. The number of H-pyrrole nitrogens is 1. The van der Waals surface area contributed by atoms with E-state index in [1.165, 1.54) is 0 Å². The fourth-order valence-electron chi connectivity index (χ4n) is 1.64. The molecule has 0 aliphatic rings. The van der Waals surface area contributed by atoms with Crippen molar-refractivity contribution in [2.75, 3.05) is 25.1 Å². The predicted octanol–water partition coefficient (Wildman–Crippen LogP) is 1.98. The molecule has 0 amide bonds. The average Bonchev–Trinajstić information content (AvgIpc) is 2.82. The van der Waals surface area contributed by atoms with Crippen molar-refractivity contribution >= 4 is 17.0 Å². The highest BCUT2D eigenvalue weighted by molar-refractivity contribution is 5.80. The molecule has 7 nitrogen and oxygen atoms in total. The molecule has 0 aliphatic carbocycles. The number of aromatic amines is 1. The zero-order valence-electron chi connectivity index (χ0n) is 12.4. The van der Waals surface area contributed by atoms with Crippen LogP contribution in [0.2, 0.25) is 0 Å². The fraction of sp³-hybridized carbons (Fsp3) is 0.615. The first-order valence-electron chi connectivity index (χ1n) is 6.71. The molecule has 2 rings (SSSR count). The lowest BCUT2D eigenvalue weighted by Crippen LogP contribution is -2.22. The Morgan fingerprint density at radius 1 is 1.25 bits per heavy atom. The molecule has 7 heteroatoms. The number of ether oxygens (including phenoxy) is 2. The summed E-state index contributed by atoms with van der Waals surface area (Å²) in [5, 5.41) is 10.6. The van der Waals surface area contributed by atoms with Crippen LogP contribution in [-0.4, -0.2) is 45.5 Å². The molecule has 2 aromatic heterocycles. The van der Waals surface area contributed by atoms with Gasteiger partial charge in [-0.15, -0.1) is 0 Å². The van der Waals surface area contributed by atoms with Crippen LogP contribution < -0.4 is 10.1 Å². The summed E-state index contributed by atoms with van der Waals surface area (Å²) >= 11 is 0. The maximum atomic E-state index is 5.68. The van der Waals surface area contributed by atoms with Crippen LogP contribution in [0.3, 0.4) is 0 Å². The number of fused-ring (bicyclic) bond motifs is 1. The Hall–Kier alpha value is -1.89. The number of nitrogens with one attached hydrogen (secondary N) is 2. The zero-order chi connectivity index (χ0) is 14.6. The van der Waals surface area contributed by atoms with E-state index >= 15 is 0 Å². The van der Waals surface area contributed by atoms with Crippen molar-refractivity contribution in [2.24, 2.45) is 0 Å². The van der Waals surface area contributed by atoms with Gasteiger partial charge in [0, 0.05) is 6.54 Å². The molecule has 0 saturated carbocycles. The number of hydrogen-bond acceptors (Lipinski definition) is 6. The van der Waals surface area contributed by atoms with Crippen molar-refractivity contribution in [1.82, 2.24) is 20.2 Å². The first-order valence-corrected chi connectivity index (χ1v) is 6.71. The smallest absolute Gasteiger partial charge is 0.229 e. The normalized spacial score (nSPS) is 11.8. The standard InChI is InChI=1S/C13H21N5O2/c1-5-14-12-16-10-9(8-15-18-10)11(17-12)19-6-7-20-13(2,3)4/h8H,5-7H2,1-4H3,(H2,14,15,16,17,18). The van der Waals surface area contributed by atoms with Crippen LogP contribution in [0.1, 0.15) is 27.7 Å². The van der Waals surface area contributed by atoms with Crippen molar-refractivity contribution < 1.29 is 9.47 Å². The highest BCUT2D eigenvalue weighted by Gasteiger charge is 2.12. The largest absolute Gasteiger partial charge is 0.475 e. The van der Waals surface area contributed by atoms with Gasteiger partial charge in [-0.3, -0.25) is 5.10 Å². The van der Waals surface area contributed by atoms with Gasteiger partial charge in [0.2, 0.25) is 11.8 Å². The van der Waals surface area contributed by atoms with Gasteiger partial charge in [-0.25, -0.2) is 0 Å². The van der Waals surface area contributed by atoms with E-state index < -0.39 is 0 Å². The number of anilines is 1. The van der Waals surface area contributed by atoms with Gasteiger partial charge in [-0.2, -0.15) is 15.1 Å². The Kier molecular flexibility index (Phi) is 4.39. The summed E-state index contributed by atoms with van der Waals surface area (Å²) in [6, 6.07) is 0. The van der Waals surface area contributed by atoms with Crippen molar-refractivity contribution in [3.8, 4) is 5.88 Å². The second-order valence-electron chi connectivity index (χ2n) is 5.32. The van der Waals surface area contributed by atoms with Crippen LogP contribution in [-0.2, 0) is 4.74 Å². The zero-order valence-corrected chi connectivity index (χ0v) is 12.4. The molecular weight excluding hydrogens is 258 g/mol. The molecular formula is C13H21N5O2. The number of hydrogen-bond donors (Lipinski definition) is 2. The van der Waals surface area contributed by atoms with Gasteiger partial charge in [-0.1, -0.05) is 0 Å². The van der Waals surface area contributed by atoms with Crippen molar-refractivity contribution in [3.05, 3.63) is 6.20 Å². The molecule has 0 bridgehead atoms. The Balaban J connectivity index is 2.06. The molecule has 2 aromatic rings. The minimum Gasteiger partial charge on any atom is -0.475 e. The molecule has 0 saturated heterocycles. The van der Waals surface area contributed by atoms with E-state index in [2.05, 4.69) is 25.5 Å². The number of nitrogens with zero attached hydrogens (tertiary/aromatic N) is 3. The minimum atomic E-state index is -0.172. The lowest BCUT2D eigenvalue weighted by atomic mass is 10.2. The molecule has 0 spiro atoms. The van der Waals surface area contributed by atoms with Gasteiger partial charge in [0.25, 0.3) is 0 Å². The molecule has 0 atom stereocenters. The van der Waals surface area contributed by atoms with Crippen LogP contribution in [0.5, 0.6) is 5.88 Å². The van der Waals surface area contributed by atoms with Crippen LogP contribution in [0.4, 0.5) is 5.95 Å². The van der Waals surface area contributed by atoms with Crippen molar-refractivity contribution in [1.29, 1.82) is 0 Å². The van der Waals surface area contributed by atoms with Gasteiger partial charge >= 0.3 is 0 Å². The SMILES string of the molecule is CCNc1nc(OCCOC(C)(C)C)c2cn[nH]c2n1. The second kappa shape index (κ2) is 6.04. The molecule has 0 unspecified atom stereocenters. The quantitative estimate of drug-likeness (QED) is 0.786. The minimum absolute atomic E-state index is 0.172. The van der Waals surface area contributed by atoms with Gasteiger partial charge in [-0.05, 0) is 27.7 Å². The van der Waals surface area contributed by atoms with Crippen LogP contribution in [0.15, 0.2) is 6.20 Å². The topological polar surface area (TPSA) is 85.0 Å². The monoisotopic (exact) mass is 279 g/mol. The van der Waals surface area contributed by atoms with E-state index in [0.717, 1.165) is 11.9 Å². The van der Waals surface area contributed by atoms with E-state index in [1.54, 1.807) is 6.20 Å². The van der Waals surface area contributed by atoms with Crippen LogP contribution in [0, 0.1) is 0 Å². The van der Waals surface area contributed by atoms with E-state index in [1.807, 2.05) is 27.7 Å². The average molecular weight is 279 g/mol. The van der Waals surface area contributed by atoms with Crippen LogP contribution >= 0.6 is 0 Å². The Morgan fingerprint density at radius 2 is 2.05 bits per heavy atom. The summed E-state index contributed by atoms with van der Waals surface area (Å²) in [6.07, 6.45) is 1.66. The van der Waals surface area contributed by atoms with Gasteiger partial charge < -0.3 is 14.8 Å². The summed E-state index contributed by atoms with van der Waals surface area (Å²) < 4.78 is 11.3. The maximum absolute atomic E-state index is 5.68. The fourth-order valence-corrected chi connectivity index (χ4v) is 1.64. The summed E-state index contributed by atoms with van der Waals surface area (Å²) in [5.41, 5.74) is 0.484. The first kappa shape index (κ1) is 14.5. The molecule has 0 aromatic carbocycles. The molecule has 0 radical (unpaired) electrons. The number of rotatable bonds is 6. The summed E-state index contributed by atoms with van der Waals surface area (Å²) in [4.78, 5) is 8.64. The third-order valence-corrected chi connectivity index (χ3v) is 2.47.